The van der Waals surface area contributed by atoms with Gasteiger partial charge in [0.05, 0.1) is 6.04 Å². The molecule has 1 aromatic carbocycles. The van der Waals surface area contributed by atoms with E-state index in [-0.39, 0.29) is 0 Å². The molecule has 0 radical (unpaired) electrons. The van der Waals surface area contributed by atoms with Crippen LogP contribution in [0.25, 0.3) is 0 Å². The number of nitrogens with zero attached hydrogens (tertiary/aromatic N) is 1. The van der Waals surface area contributed by atoms with Gasteiger partial charge in [-0.2, -0.15) is 0 Å². The molecule has 0 saturated carbocycles. The summed E-state index contributed by atoms with van der Waals surface area (Å²) in [4.78, 5) is 4.65. The van der Waals surface area contributed by atoms with Gasteiger partial charge in [-0.3, -0.25) is 4.99 Å². The van der Waals surface area contributed by atoms with Gasteiger partial charge in [-0.1, -0.05) is 18.7 Å². The molecule has 16 heavy (non-hydrogen) atoms. The van der Waals surface area contributed by atoms with Gasteiger partial charge in [-0.15, -0.1) is 0 Å². The Morgan fingerprint density at radius 3 is 2.62 bits per heavy atom. The van der Waals surface area contributed by atoms with E-state index >= 15 is 0 Å². The maximum Gasteiger partial charge on any atom is 0.161 e. The molecular formula is C12H15IN2S. The number of anilines is 1. The van der Waals surface area contributed by atoms with Crippen LogP contribution < -0.4 is 5.32 Å². The van der Waals surface area contributed by atoms with Crippen LogP contribution in [0.3, 0.4) is 0 Å². The summed E-state index contributed by atoms with van der Waals surface area (Å²) < 4.78 is 1.25. The smallest absolute Gasteiger partial charge is 0.161 e. The number of nitrogens with one attached hydrogen (secondary N) is 1. The number of amidine groups is 1. The van der Waals surface area contributed by atoms with Crippen molar-refractivity contribution in [3.05, 3.63) is 27.8 Å². The molecule has 0 aromatic heterocycles. The van der Waals surface area contributed by atoms with E-state index in [4.69, 9.17) is 0 Å². The standard InChI is InChI=1S/C12H15IN2S/c1-8-7-16-12(14-9(8)2)15-11-5-3-10(13)4-6-11/h3-6,8-9H,7H2,1-2H3,(H,14,15). The average molecular weight is 346 g/mol. The molecule has 0 aliphatic carbocycles. The molecule has 2 nitrogen and oxygen atoms in total. The highest BCUT2D eigenvalue weighted by atomic mass is 127. The summed E-state index contributed by atoms with van der Waals surface area (Å²) in [5.41, 5.74) is 1.12. The Kier molecular flexibility index (Phi) is 4.13. The summed E-state index contributed by atoms with van der Waals surface area (Å²) >= 11 is 4.12. The van der Waals surface area contributed by atoms with Crippen molar-refractivity contribution in [3.8, 4) is 0 Å². The number of rotatable bonds is 1. The molecule has 0 spiro atoms. The first-order valence-electron chi connectivity index (χ1n) is 5.38. The first kappa shape index (κ1) is 12.2. The predicted molar refractivity (Wildman–Crippen MR) is 81.3 cm³/mol. The Morgan fingerprint density at radius 2 is 2.00 bits per heavy atom. The van der Waals surface area contributed by atoms with Gasteiger partial charge in [0.25, 0.3) is 0 Å². The highest BCUT2D eigenvalue weighted by molar-refractivity contribution is 14.1. The van der Waals surface area contributed by atoms with Crippen molar-refractivity contribution >= 4 is 45.2 Å². The normalized spacial score (nSPS) is 25.1. The van der Waals surface area contributed by atoms with Crippen LogP contribution in [0.2, 0.25) is 0 Å². The lowest BCUT2D eigenvalue weighted by Crippen LogP contribution is -2.25. The Hall–Kier alpha value is -0.230. The van der Waals surface area contributed by atoms with Crippen LogP contribution in [0.15, 0.2) is 29.3 Å². The average Bonchev–Trinajstić information content (AvgIpc) is 2.27. The maximum absolute atomic E-state index is 4.65. The van der Waals surface area contributed by atoms with Crippen LogP contribution >= 0.6 is 34.4 Å². The first-order valence-corrected chi connectivity index (χ1v) is 7.45. The van der Waals surface area contributed by atoms with Crippen molar-refractivity contribution in [3.63, 3.8) is 0 Å². The lowest BCUT2D eigenvalue weighted by atomic mass is 10.1. The van der Waals surface area contributed by atoms with Gasteiger partial charge >= 0.3 is 0 Å². The van der Waals surface area contributed by atoms with Crippen LogP contribution in [0.4, 0.5) is 5.69 Å². The molecule has 86 valence electrons. The number of thioether (sulfide) groups is 1. The Labute approximate surface area is 114 Å². The van der Waals surface area contributed by atoms with Crippen LogP contribution in [0.5, 0.6) is 0 Å². The van der Waals surface area contributed by atoms with Gasteiger partial charge in [0.1, 0.15) is 0 Å². The third-order valence-electron chi connectivity index (χ3n) is 2.72. The number of halogens is 1. The van der Waals surface area contributed by atoms with Crippen molar-refractivity contribution in [1.82, 2.24) is 0 Å². The molecule has 0 bridgehead atoms. The van der Waals surface area contributed by atoms with Crippen molar-refractivity contribution in [2.24, 2.45) is 10.9 Å². The zero-order chi connectivity index (χ0) is 11.5. The molecule has 1 N–H and O–H groups in total. The first-order chi connectivity index (χ1) is 7.65. The van der Waals surface area contributed by atoms with Gasteiger partial charge in [-0.25, -0.2) is 0 Å². The van der Waals surface area contributed by atoms with E-state index in [1.54, 1.807) is 0 Å². The monoisotopic (exact) mass is 346 g/mol. The largest absolute Gasteiger partial charge is 0.335 e. The predicted octanol–water partition coefficient (Wildman–Crippen LogP) is 3.83. The number of hydrogen-bond donors (Lipinski definition) is 1. The van der Waals surface area contributed by atoms with Gasteiger partial charge in [0.15, 0.2) is 5.17 Å². The van der Waals surface area contributed by atoms with E-state index in [0.29, 0.717) is 12.0 Å². The van der Waals surface area contributed by atoms with Crippen LogP contribution in [0, 0.1) is 9.49 Å². The molecule has 0 saturated heterocycles. The Bertz CT molecular complexity index is 389. The fourth-order valence-corrected chi connectivity index (χ4v) is 2.91. The zero-order valence-electron chi connectivity index (χ0n) is 9.40. The van der Waals surface area contributed by atoms with Crippen molar-refractivity contribution in [2.75, 3.05) is 11.1 Å². The summed E-state index contributed by atoms with van der Waals surface area (Å²) in [6.45, 7) is 4.43. The molecule has 1 aromatic rings. The molecule has 2 rings (SSSR count). The van der Waals surface area contributed by atoms with Crippen LogP contribution in [0.1, 0.15) is 13.8 Å². The highest BCUT2D eigenvalue weighted by Gasteiger charge is 2.18. The lowest BCUT2D eigenvalue weighted by molar-refractivity contribution is 0.537. The highest BCUT2D eigenvalue weighted by Crippen LogP contribution is 2.24. The lowest BCUT2D eigenvalue weighted by Gasteiger charge is -2.23. The number of aliphatic imine (C=N–C) groups is 1. The van der Waals surface area contributed by atoms with E-state index in [0.717, 1.165) is 16.6 Å². The third kappa shape index (κ3) is 3.13. The number of benzene rings is 1. The molecular weight excluding hydrogens is 331 g/mol. The van der Waals surface area contributed by atoms with Crippen molar-refractivity contribution < 1.29 is 0 Å². The Morgan fingerprint density at radius 1 is 1.31 bits per heavy atom. The Balaban J connectivity index is 2.05. The number of hydrogen-bond acceptors (Lipinski definition) is 3. The molecule has 2 unspecified atom stereocenters. The van der Waals surface area contributed by atoms with Gasteiger partial charge in [-0.05, 0) is 59.7 Å². The second kappa shape index (κ2) is 5.40. The second-order valence-electron chi connectivity index (χ2n) is 4.10. The van der Waals surface area contributed by atoms with Gasteiger partial charge < -0.3 is 5.32 Å². The SMILES string of the molecule is CC1CSC(Nc2ccc(I)cc2)=NC1C. The van der Waals surface area contributed by atoms with Crippen molar-refractivity contribution in [1.29, 1.82) is 0 Å². The topological polar surface area (TPSA) is 24.4 Å². The van der Waals surface area contributed by atoms with Crippen LogP contribution in [-0.4, -0.2) is 17.0 Å². The zero-order valence-corrected chi connectivity index (χ0v) is 12.4. The molecule has 1 aliphatic rings. The maximum atomic E-state index is 4.65. The molecule has 1 heterocycles. The van der Waals surface area contributed by atoms with Crippen LogP contribution in [-0.2, 0) is 0 Å². The summed E-state index contributed by atoms with van der Waals surface area (Å²) in [5.74, 6) is 1.82. The quantitative estimate of drug-likeness (QED) is 0.782. The summed E-state index contributed by atoms with van der Waals surface area (Å²) in [6.07, 6.45) is 0. The molecule has 4 heteroatoms. The summed E-state index contributed by atoms with van der Waals surface area (Å²) in [5, 5.41) is 4.42. The minimum Gasteiger partial charge on any atom is -0.335 e. The molecule has 0 amide bonds. The second-order valence-corrected chi connectivity index (χ2v) is 6.35. The van der Waals surface area contributed by atoms with E-state index < -0.39 is 0 Å². The third-order valence-corrected chi connectivity index (χ3v) is 4.62. The van der Waals surface area contributed by atoms with Gasteiger partial charge in [0, 0.05) is 15.0 Å². The minimum absolute atomic E-state index is 0.424. The minimum atomic E-state index is 0.424. The van der Waals surface area contributed by atoms with Gasteiger partial charge in [0.2, 0.25) is 0 Å². The molecule has 2 atom stereocenters. The van der Waals surface area contributed by atoms with E-state index in [2.05, 4.69) is 71.0 Å². The van der Waals surface area contributed by atoms with E-state index in [1.807, 2.05) is 11.8 Å². The molecule has 1 aliphatic heterocycles. The fourth-order valence-electron chi connectivity index (χ4n) is 1.42. The summed E-state index contributed by atoms with van der Waals surface area (Å²) in [6, 6.07) is 8.81. The fraction of sp³-hybridized carbons (Fsp3) is 0.417. The molecule has 0 fully saturated rings. The van der Waals surface area contributed by atoms with E-state index in [1.165, 1.54) is 3.57 Å². The summed E-state index contributed by atoms with van der Waals surface area (Å²) in [7, 11) is 0. The van der Waals surface area contributed by atoms with Crippen molar-refractivity contribution in [2.45, 2.75) is 19.9 Å². The van der Waals surface area contributed by atoms with E-state index in [9.17, 15) is 0 Å².